The highest BCUT2D eigenvalue weighted by Crippen LogP contribution is 2.20. The van der Waals surface area contributed by atoms with Gasteiger partial charge in [-0.1, -0.05) is 0 Å². The average Bonchev–Trinajstić information content (AvgIpc) is 1.96. The molecule has 0 amide bonds. The van der Waals surface area contributed by atoms with Gasteiger partial charge in [0.1, 0.15) is 5.57 Å². The fourth-order valence-electron chi connectivity index (χ4n) is 0.538. The predicted octanol–water partition coefficient (Wildman–Crippen LogP) is 0.756. The van der Waals surface area contributed by atoms with Crippen molar-refractivity contribution >= 4 is 11.7 Å². The van der Waals surface area contributed by atoms with Gasteiger partial charge in [-0.3, -0.25) is 5.41 Å². The highest BCUT2D eigenvalue weighted by atomic mass is 19.4. The lowest BCUT2D eigenvalue weighted by Gasteiger charge is -2.08. The summed E-state index contributed by atoms with van der Waals surface area (Å²) in [4.78, 5) is 10.2. The Kier molecular flexibility index (Phi) is 3.46. The normalized spacial score (nSPS) is 12.5. The highest BCUT2D eigenvalue weighted by molar-refractivity contribution is 6.19. The number of alkyl halides is 3. The molecule has 13 heavy (non-hydrogen) atoms. The molecule has 0 radical (unpaired) electrons. The van der Waals surface area contributed by atoms with Crippen LogP contribution in [-0.4, -0.2) is 30.0 Å². The average molecular weight is 196 g/mol. The zero-order valence-electron chi connectivity index (χ0n) is 6.57. The molecule has 0 bridgehead atoms. The lowest BCUT2D eigenvalue weighted by molar-refractivity contribution is -0.132. The Labute approximate surface area is 71.6 Å². The fourth-order valence-corrected chi connectivity index (χ4v) is 0.538. The smallest absolute Gasteiger partial charge is 0.433 e. The zero-order chi connectivity index (χ0) is 10.6. The number of carboxylic acids is 1. The first kappa shape index (κ1) is 11.5. The molecule has 4 nitrogen and oxygen atoms in total. The van der Waals surface area contributed by atoms with Crippen molar-refractivity contribution in [3.05, 3.63) is 11.8 Å². The van der Waals surface area contributed by atoms with E-state index < -0.39 is 23.4 Å². The van der Waals surface area contributed by atoms with E-state index in [4.69, 9.17) is 10.5 Å². The lowest BCUT2D eigenvalue weighted by Crippen LogP contribution is -2.28. The van der Waals surface area contributed by atoms with Crippen LogP contribution in [0.1, 0.15) is 0 Å². The van der Waals surface area contributed by atoms with Gasteiger partial charge in [-0.05, 0) is 0 Å². The van der Waals surface area contributed by atoms with Crippen molar-refractivity contribution in [2.75, 3.05) is 7.05 Å². The minimum atomic E-state index is -4.94. The molecule has 0 heterocycles. The van der Waals surface area contributed by atoms with Crippen molar-refractivity contribution in [1.82, 2.24) is 5.32 Å². The molecule has 0 aromatic carbocycles. The van der Waals surface area contributed by atoms with E-state index in [0.717, 1.165) is 0 Å². The van der Waals surface area contributed by atoms with Crippen LogP contribution < -0.4 is 5.32 Å². The number of aliphatic carboxylic acids is 1. The van der Waals surface area contributed by atoms with Crippen molar-refractivity contribution in [2.45, 2.75) is 6.18 Å². The summed E-state index contributed by atoms with van der Waals surface area (Å²) in [6, 6.07) is 0. The Morgan fingerprint density at radius 1 is 1.54 bits per heavy atom. The van der Waals surface area contributed by atoms with E-state index in [1.54, 1.807) is 0 Å². The molecule has 0 spiro atoms. The molecule has 0 aromatic heterocycles. The summed E-state index contributed by atoms with van der Waals surface area (Å²) >= 11 is 0. The maximum absolute atomic E-state index is 11.8. The summed E-state index contributed by atoms with van der Waals surface area (Å²) in [6.07, 6.45) is -4.33. The maximum atomic E-state index is 11.8. The van der Waals surface area contributed by atoms with E-state index in [2.05, 4.69) is 5.32 Å². The number of carbonyl (C=O) groups is 1. The minimum Gasteiger partial charge on any atom is -0.478 e. The molecule has 7 heteroatoms. The third-order valence-electron chi connectivity index (χ3n) is 1.07. The summed E-state index contributed by atoms with van der Waals surface area (Å²) in [5.74, 6) is -1.79. The fraction of sp³-hybridized carbons (Fsp3) is 0.333. The summed E-state index contributed by atoms with van der Waals surface area (Å²) < 4.78 is 35.5. The van der Waals surface area contributed by atoms with Gasteiger partial charge in [-0.2, -0.15) is 13.2 Å². The number of halogens is 3. The third-order valence-corrected chi connectivity index (χ3v) is 1.07. The topological polar surface area (TPSA) is 73.2 Å². The third kappa shape index (κ3) is 3.14. The van der Waals surface area contributed by atoms with Crippen molar-refractivity contribution in [3.63, 3.8) is 0 Å². The first-order valence-corrected chi connectivity index (χ1v) is 3.07. The van der Waals surface area contributed by atoms with Crippen LogP contribution in [0.5, 0.6) is 0 Å². The van der Waals surface area contributed by atoms with Crippen molar-refractivity contribution in [2.24, 2.45) is 0 Å². The minimum absolute atomic E-state index is 0.609. The van der Waals surface area contributed by atoms with E-state index in [-0.39, 0.29) is 0 Å². The first-order valence-electron chi connectivity index (χ1n) is 3.07. The van der Waals surface area contributed by atoms with E-state index in [1.165, 1.54) is 7.05 Å². The van der Waals surface area contributed by atoms with Gasteiger partial charge >= 0.3 is 12.1 Å². The van der Waals surface area contributed by atoms with Crippen LogP contribution >= 0.6 is 0 Å². The molecule has 0 aromatic rings. The molecule has 0 fully saturated rings. The standard InChI is InChI=1S/C6H7F3N2O2/c1-11-2-3(5(12)13)4(10)6(7,8)9/h2,10-11H,1H3,(H,12,13)/b3-2+,10-4?. The quantitative estimate of drug-likeness (QED) is 0.460. The van der Waals surface area contributed by atoms with Gasteiger partial charge in [0.05, 0.1) is 0 Å². The molecule has 0 aliphatic carbocycles. The summed E-state index contributed by atoms with van der Waals surface area (Å²) in [6.45, 7) is 0. The molecular formula is C6H7F3N2O2. The van der Waals surface area contributed by atoms with Crippen LogP contribution in [0, 0.1) is 5.41 Å². The van der Waals surface area contributed by atoms with Crippen LogP contribution in [0.4, 0.5) is 13.2 Å². The van der Waals surface area contributed by atoms with Gasteiger partial charge in [-0.15, -0.1) is 0 Å². The van der Waals surface area contributed by atoms with Crippen LogP contribution in [0.25, 0.3) is 0 Å². The van der Waals surface area contributed by atoms with Gasteiger partial charge in [0.2, 0.25) is 0 Å². The van der Waals surface area contributed by atoms with Gasteiger partial charge in [0.15, 0.2) is 5.71 Å². The van der Waals surface area contributed by atoms with E-state index in [9.17, 15) is 18.0 Å². The van der Waals surface area contributed by atoms with Crippen LogP contribution in [0.15, 0.2) is 11.8 Å². The number of nitrogens with one attached hydrogen (secondary N) is 2. The molecule has 0 saturated heterocycles. The second-order valence-electron chi connectivity index (χ2n) is 2.02. The molecule has 74 valence electrons. The number of rotatable bonds is 3. The second kappa shape index (κ2) is 3.92. The largest absolute Gasteiger partial charge is 0.478 e. The van der Waals surface area contributed by atoms with E-state index >= 15 is 0 Å². The Morgan fingerprint density at radius 2 is 2.00 bits per heavy atom. The van der Waals surface area contributed by atoms with Crippen LogP contribution in [0.2, 0.25) is 0 Å². The lowest BCUT2D eigenvalue weighted by atomic mass is 10.1. The Balaban J connectivity index is 4.90. The molecule has 0 aliphatic heterocycles. The monoisotopic (exact) mass is 196 g/mol. The molecule has 0 atom stereocenters. The van der Waals surface area contributed by atoms with Gasteiger partial charge in [0.25, 0.3) is 0 Å². The van der Waals surface area contributed by atoms with E-state index in [0.29, 0.717) is 6.20 Å². The molecule has 0 unspecified atom stereocenters. The summed E-state index contributed by atoms with van der Waals surface area (Å²) in [5, 5.41) is 16.9. The van der Waals surface area contributed by atoms with Crippen molar-refractivity contribution in [3.8, 4) is 0 Å². The van der Waals surface area contributed by atoms with Crippen LogP contribution in [0.3, 0.4) is 0 Å². The second-order valence-corrected chi connectivity index (χ2v) is 2.02. The van der Waals surface area contributed by atoms with E-state index in [1.807, 2.05) is 0 Å². The number of carboxylic acid groups (broad SMARTS) is 1. The Bertz CT molecular complexity index is 257. The maximum Gasteiger partial charge on any atom is 0.433 e. The predicted molar refractivity (Wildman–Crippen MR) is 38.6 cm³/mol. The van der Waals surface area contributed by atoms with Crippen LogP contribution in [-0.2, 0) is 4.79 Å². The summed E-state index contributed by atoms with van der Waals surface area (Å²) in [5.41, 5.74) is -3.00. The SMILES string of the molecule is CN/C=C(\C(=N)C(F)(F)F)C(=O)O. The van der Waals surface area contributed by atoms with Gasteiger partial charge in [-0.25, -0.2) is 4.79 Å². The van der Waals surface area contributed by atoms with Crippen molar-refractivity contribution in [1.29, 1.82) is 5.41 Å². The number of hydrogen-bond donors (Lipinski definition) is 3. The number of hydrogen-bond acceptors (Lipinski definition) is 3. The Hall–Kier alpha value is -1.53. The molecular weight excluding hydrogens is 189 g/mol. The summed E-state index contributed by atoms with van der Waals surface area (Å²) in [7, 11) is 1.24. The molecule has 0 saturated carbocycles. The highest BCUT2D eigenvalue weighted by Gasteiger charge is 2.39. The molecule has 0 aliphatic rings. The zero-order valence-corrected chi connectivity index (χ0v) is 6.57. The van der Waals surface area contributed by atoms with Crippen molar-refractivity contribution < 1.29 is 23.1 Å². The first-order chi connectivity index (χ1) is 5.80. The molecule has 3 N–H and O–H groups in total. The van der Waals surface area contributed by atoms with Gasteiger partial charge < -0.3 is 10.4 Å². The molecule has 0 rings (SSSR count). The van der Waals surface area contributed by atoms with Gasteiger partial charge in [0, 0.05) is 13.2 Å². The Morgan fingerprint density at radius 3 is 2.23 bits per heavy atom.